The monoisotopic (exact) mass is 243 g/mol. The highest BCUT2D eigenvalue weighted by Gasteiger charge is 2.06. The third kappa shape index (κ3) is 3.67. The topological polar surface area (TPSA) is 30.5 Å². The zero-order chi connectivity index (χ0) is 12.0. The molecule has 4 heteroatoms. The van der Waals surface area contributed by atoms with Gasteiger partial charge in [0, 0.05) is 6.54 Å². The summed E-state index contributed by atoms with van der Waals surface area (Å²) in [5.74, 6) is 0.707. The molecule has 0 bridgehead atoms. The van der Waals surface area contributed by atoms with Crippen molar-refractivity contribution in [2.24, 2.45) is 0 Å². The minimum atomic E-state index is 0.581. The zero-order valence-electron chi connectivity index (χ0n) is 9.97. The van der Waals surface area contributed by atoms with E-state index in [0.29, 0.717) is 24.0 Å². The third-order valence-electron chi connectivity index (χ3n) is 2.36. The summed E-state index contributed by atoms with van der Waals surface area (Å²) in [4.78, 5) is 0. The van der Waals surface area contributed by atoms with E-state index >= 15 is 0 Å². The first kappa shape index (κ1) is 13.3. The van der Waals surface area contributed by atoms with Crippen LogP contribution < -0.4 is 10.1 Å². The minimum absolute atomic E-state index is 0.581. The quantitative estimate of drug-likeness (QED) is 0.779. The van der Waals surface area contributed by atoms with Crippen LogP contribution in [0.4, 0.5) is 0 Å². The second-order valence-corrected chi connectivity index (χ2v) is 3.98. The van der Waals surface area contributed by atoms with E-state index in [2.05, 4.69) is 5.32 Å². The molecule has 0 amide bonds. The second kappa shape index (κ2) is 6.74. The summed E-state index contributed by atoms with van der Waals surface area (Å²) in [6.07, 6.45) is 0. The van der Waals surface area contributed by atoms with Gasteiger partial charge in [-0.15, -0.1) is 0 Å². The molecule has 0 radical (unpaired) electrons. The summed E-state index contributed by atoms with van der Waals surface area (Å²) in [5.41, 5.74) is 2.23. The average molecular weight is 244 g/mol. The number of aryl methyl sites for hydroxylation is 1. The van der Waals surface area contributed by atoms with Gasteiger partial charge in [0.2, 0.25) is 0 Å². The first-order valence-electron chi connectivity index (χ1n) is 5.24. The molecule has 1 N–H and O–H groups in total. The van der Waals surface area contributed by atoms with Crippen LogP contribution in [-0.4, -0.2) is 27.3 Å². The Morgan fingerprint density at radius 2 is 2.12 bits per heavy atom. The molecular weight excluding hydrogens is 226 g/mol. The molecule has 90 valence electrons. The molecule has 0 aliphatic heterocycles. The normalized spacial score (nSPS) is 10.5. The first-order valence-corrected chi connectivity index (χ1v) is 5.62. The van der Waals surface area contributed by atoms with Crippen LogP contribution in [0.2, 0.25) is 5.02 Å². The molecule has 0 aliphatic carbocycles. The lowest BCUT2D eigenvalue weighted by Crippen LogP contribution is -2.14. The Morgan fingerprint density at radius 3 is 2.75 bits per heavy atom. The van der Waals surface area contributed by atoms with Crippen LogP contribution in [0, 0.1) is 6.92 Å². The van der Waals surface area contributed by atoms with Crippen molar-refractivity contribution < 1.29 is 9.47 Å². The maximum Gasteiger partial charge on any atom is 0.137 e. The fourth-order valence-electron chi connectivity index (χ4n) is 1.36. The molecule has 1 aromatic rings. The number of likely N-dealkylation sites (N-methyl/N-ethyl adjacent to an activating group) is 1. The van der Waals surface area contributed by atoms with Gasteiger partial charge >= 0.3 is 0 Å². The van der Waals surface area contributed by atoms with Crippen molar-refractivity contribution in [2.75, 3.05) is 27.3 Å². The van der Waals surface area contributed by atoms with E-state index in [9.17, 15) is 0 Å². The Morgan fingerprint density at radius 1 is 1.38 bits per heavy atom. The molecule has 0 aromatic heterocycles. The largest absolute Gasteiger partial charge is 0.495 e. The number of hydrogen-bond donors (Lipinski definition) is 1. The number of benzene rings is 1. The summed E-state index contributed by atoms with van der Waals surface area (Å²) in [7, 11) is 3.52. The van der Waals surface area contributed by atoms with Gasteiger partial charge in [-0.1, -0.05) is 11.6 Å². The van der Waals surface area contributed by atoms with Crippen LogP contribution in [-0.2, 0) is 11.3 Å². The van der Waals surface area contributed by atoms with Crippen molar-refractivity contribution >= 4 is 11.6 Å². The highest BCUT2D eigenvalue weighted by atomic mass is 35.5. The average Bonchev–Trinajstić information content (AvgIpc) is 2.28. The van der Waals surface area contributed by atoms with E-state index in [1.165, 1.54) is 0 Å². The van der Waals surface area contributed by atoms with Crippen LogP contribution in [0.15, 0.2) is 12.1 Å². The molecule has 0 atom stereocenters. The van der Waals surface area contributed by atoms with Gasteiger partial charge in [0.1, 0.15) is 5.75 Å². The summed E-state index contributed by atoms with van der Waals surface area (Å²) >= 11 is 6.05. The van der Waals surface area contributed by atoms with E-state index in [0.717, 1.165) is 17.7 Å². The summed E-state index contributed by atoms with van der Waals surface area (Å²) in [6.45, 7) is 4.15. The first-order chi connectivity index (χ1) is 7.69. The molecule has 0 spiro atoms. The Kier molecular flexibility index (Phi) is 5.60. The van der Waals surface area contributed by atoms with Crippen molar-refractivity contribution in [3.8, 4) is 5.75 Å². The van der Waals surface area contributed by atoms with E-state index in [-0.39, 0.29) is 0 Å². The van der Waals surface area contributed by atoms with Gasteiger partial charge in [-0.25, -0.2) is 0 Å². The fraction of sp³-hybridized carbons (Fsp3) is 0.500. The van der Waals surface area contributed by atoms with Crippen LogP contribution in [0.25, 0.3) is 0 Å². The number of nitrogens with one attached hydrogen (secondary N) is 1. The molecular formula is C12H18ClNO2. The molecule has 1 rings (SSSR count). The van der Waals surface area contributed by atoms with Crippen LogP contribution >= 0.6 is 11.6 Å². The molecule has 0 heterocycles. The predicted octanol–water partition coefficient (Wildman–Crippen LogP) is 2.39. The summed E-state index contributed by atoms with van der Waals surface area (Å²) < 4.78 is 10.6. The molecule has 0 saturated heterocycles. The standard InChI is InChI=1S/C12H18ClNO2/c1-9-6-12(15-3)11(13)7-10(9)8-16-5-4-14-2/h6-7,14H,4-5,8H2,1-3H3. The highest BCUT2D eigenvalue weighted by molar-refractivity contribution is 6.32. The van der Waals surface area contributed by atoms with Crippen molar-refractivity contribution in [2.45, 2.75) is 13.5 Å². The SMILES string of the molecule is CNCCOCc1cc(Cl)c(OC)cc1C. The Labute approximate surface area is 102 Å². The van der Waals surface area contributed by atoms with E-state index in [1.54, 1.807) is 7.11 Å². The van der Waals surface area contributed by atoms with Gasteiger partial charge in [0.15, 0.2) is 0 Å². The molecule has 16 heavy (non-hydrogen) atoms. The number of methoxy groups -OCH3 is 1. The molecule has 1 aromatic carbocycles. The molecule has 0 aliphatic rings. The number of rotatable bonds is 6. The predicted molar refractivity (Wildman–Crippen MR) is 66.3 cm³/mol. The smallest absolute Gasteiger partial charge is 0.137 e. The van der Waals surface area contributed by atoms with Gasteiger partial charge in [-0.05, 0) is 37.2 Å². The van der Waals surface area contributed by atoms with Gasteiger partial charge in [0.25, 0.3) is 0 Å². The summed E-state index contributed by atoms with van der Waals surface area (Å²) in [6, 6.07) is 3.83. The Bertz CT molecular complexity index is 342. The van der Waals surface area contributed by atoms with Gasteiger partial charge < -0.3 is 14.8 Å². The van der Waals surface area contributed by atoms with Crippen molar-refractivity contribution in [3.63, 3.8) is 0 Å². The second-order valence-electron chi connectivity index (χ2n) is 3.57. The minimum Gasteiger partial charge on any atom is -0.495 e. The molecule has 0 unspecified atom stereocenters. The van der Waals surface area contributed by atoms with Gasteiger partial charge in [0.05, 0.1) is 25.3 Å². The lowest BCUT2D eigenvalue weighted by molar-refractivity contribution is 0.123. The lowest BCUT2D eigenvalue weighted by atomic mass is 10.1. The van der Waals surface area contributed by atoms with Gasteiger partial charge in [-0.2, -0.15) is 0 Å². The maximum atomic E-state index is 6.05. The fourth-order valence-corrected chi connectivity index (χ4v) is 1.63. The van der Waals surface area contributed by atoms with Gasteiger partial charge in [-0.3, -0.25) is 0 Å². The van der Waals surface area contributed by atoms with Crippen molar-refractivity contribution in [3.05, 3.63) is 28.3 Å². The van der Waals surface area contributed by atoms with E-state index in [1.807, 2.05) is 26.1 Å². The Hall–Kier alpha value is -0.770. The zero-order valence-corrected chi connectivity index (χ0v) is 10.7. The lowest BCUT2D eigenvalue weighted by Gasteiger charge is -2.10. The van der Waals surface area contributed by atoms with Crippen LogP contribution in [0.3, 0.4) is 0 Å². The van der Waals surface area contributed by atoms with Crippen molar-refractivity contribution in [1.29, 1.82) is 0 Å². The molecule has 0 fully saturated rings. The van der Waals surface area contributed by atoms with Crippen LogP contribution in [0.1, 0.15) is 11.1 Å². The third-order valence-corrected chi connectivity index (χ3v) is 2.66. The van der Waals surface area contributed by atoms with Crippen molar-refractivity contribution in [1.82, 2.24) is 5.32 Å². The molecule has 3 nitrogen and oxygen atoms in total. The Balaban J connectivity index is 2.63. The van der Waals surface area contributed by atoms with E-state index in [4.69, 9.17) is 21.1 Å². The maximum absolute atomic E-state index is 6.05. The number of halogens is 1. The van der Waals surface area contributed by atoms with Crippen LogP contribution in [0.5, 0.6) is 5.75 Å². The van der Waals surface area contributed by atoms with E-state index < -0.39 is 0 Å². The summed E-state index contributed by atoms with van der Waals surface area (Å²) in [5, 5.41) is 3.65. The molecule has 0 saturated carbocycles. The highest BCUT2D eigenvalue weighted by Crippen LogP contribution is 2.28. The number of hydrogen-bond acceptors (Lipinski definition) is 3. The number of ether oxygens (including phenoxy) is 2.